The first-order valence-corrected chi connectivity index (χ1v) is 13.8. The van der Waals surface area contributed by atoms with Crippen LogP contribution in [0.15, 0.2) is 48.1 Å². The van der Waals surface area contributed by atoms with Gasteiger partial charge in [-0.05, 0) is 49.7 Å². The van der Waals surface area contributed by atoms with Gasteiger partial charge in [0, 0.05) is 37.4 Å². The lowest BCUT2D eigenvalue weighted by Crippen LogP contribution is -2.48. The van der Waals surface area contributed by atoms with Gasteiger partial charge in [0.1, 0.15) is 5.82 Å². The smallest absolute Gasteiger partial charge is 0.251 e. The predicted octanol–water partition coefficient (Wildman–Crippen LogP) is 2.92. The highest BCUT2D eigenvalue weighted by Crippen LogP contribution is 2.29. The van der Waals surface area contributed by atoms with E-state index in [-0.39, 0.29) is 24.4 Å². The SMILES string of the molecule is CCN(CC)C(C)CNC(=O)c1cc(-c2cnn3ccc(-c4cccs4)nc23)nc(N2CCNC(=O)C2)c1. The maximum atomic E-state index is 13.4. The van der Waals surface area contributed by atoms with Gasteiger partial charge < -0.3 is 15.5 Å². The number of piperazine rings is 1. The van der Waals surface area contributed by atoms with Gasteiger partial charge in [0.05, 0.1) is 34.6 Å². The van der Waals surface area contributed by atoms with Gasteiger partial charge in [-0.15, -0.1) is 11.3 Å². The van der Waals surface area contributed by atoms with Crippen LogP contribution >= 0.6 is 11.3 Å². The Morgan fingerprint density at radius 1 is 1.21 bits per heavy atom. The molecule has 1 aliphatic rings. The molecule has 198 valence electrons. The van der Waals surface area contributed by atoms with Crippen LogP contribution in [-0.4, -0.2) is 81.6 Å². The summed E-state index contributed by atoms with van der Waals surface area (Å²) in [5, 5.41) is 12.4. The van der Waals surface area contributed by atoms with Crippen molar-refractivity contribution in [2.75, 3.05) is 44.2 Å². The highest BCUT2D eigenvalue weighted by atomic mass is 32.1. The molecule has 1 unspecified atom stereocenters. The number of hydrogen-bond acceptors (Lipinski definition) is 8. The molecule has 11 heteroatoms. The second kappa shape index (κ2) is 11.3. The number of anilines is 1. The molecule has 4 aromatic rings. The Morgan fingerprint density at radius 3 is 2.79 bits per heavy atom. The first kappa shape index (κ1) is 25.8. The first-order chi connectivity index (χ1) is 18.5. The zero-order valence-electron chi connectivity index (χ0n) is 21.8. The Kier molecular flexibility index (Phi) is 7.66. The summed E-state index contributed by atoms with van der Waals surface area (Å²) in [7, 11) is 0. The van der Waals surface area contributed by atoms with Crippen molar-refractivity contribution >= 4 is 34.6 Å². The number of likely N-dealkylation sites (N-methyl/N-ethyl adjacent to an activating group) is 1. The second-order valence-electron chi connectivity index (χ2n) is 9.27. The summed E-state index contributed by atoms with van der Waals surface area (Å²) in [5.41, 5.74) is 3.29. The minimum atomic E-state index is -0.181. The molecule has 38 heavy (non-hydrogen) atoms. The molecule has 0 aliphatic carbocycles. The predicted molar refractivity (Wildman–Crippen MR) is 149 cm³/mol. The van der Waals surface area contributed by atoms with E-state index in [1.54, 1.807) is 34.2 Å². The number of fused-ring (bicyclic) bond motifs is 1. The van der Waals surface area contributed by atoms with Crippen LogP contribution < -0.4 is 15.5 Å². The van der Waals surface area contributed by atoms with Crippen LogP contribution in [0.5, 0.6) is 0 Å². The molecule has 5 heterocycles. The number of carbonyl (C=O) groups is 2. The van der Waals surface area contributed by atoms with Gasteiger partial charge in [0.15, 0.2) is 5.65 Å². The number of hydrogen-bond donors (Lipinski definition) is 2. The first-order valence-electron chi connectivity index (χ1n) is 12.9. The summed E-state index contributed by atoms with van der Waals surface area (Å²) in [5.74, 6) is 0.327. The minimum Gasteiger partial charge on any atom is -0.353 e. The van der Waals surface area contributed by atoms with Crippen LogP contribution in [0, 0.1) is 0 Å². The van der Waals surface area contributed by atoms with Crippen LogP contribution in [-0.2, 0) is 4.79 Å². The van der Waals surface area contributed by atoms with Gasteiger partial charge in [-0.3, -0.25) is 14.5 Å². The highest BCUT2D eigenvalue weighted by Gasteiger charge is 2.22. The third-order valence-corrected chi connectivity index (χ3v) is 7.74. The van der Waals surface area contributed by atoms with E-state index >= 15 is 0 Å². The second-order valence-corrected chi connectivity index (χ2v) is 10.2. The van der Waals surface area contributed by atoms with Crippen LogP contribution in [0.4, 0.5) is 5.82 Å². The molecule has 0 radical (unpaired) electrons. The molecule has 5 rings (SSSR count). The Bertz CT molecular complexity index is 1430. The molecule has 1 atom stereocenters. The van der Waals surface area contributed by atoms with Crippen LogP contribution in [0.25, 0.3) is 27.5 Å². The number of aromatic nitrogens is 4. The molecule has 2 amide bonds. The number of pyridine rings is 1. The van der Waals surface area contributed by atoms with Crippen LogP contribution in [0.2, 0.25) is 0 Å². The van der Waals surface area contributed by atoms with E-state index in [1.807, 2.05) is 34.7 Å². The van der Waals surface area contributed by atoms with Gasteiger partial charge in [0.25, 0.3) is 5.91 Å². The van der Waals surface area contributed by atoms with Crippen molar-refractivity contribution in [3.8, 4) is 21.8 Å². The third kappa shape index (κ3) is 5.39. The Balaban J connectivity index is 1.52. The topological polar surface area (TPSA) is 108 Å². The van der Waals surface area contributed by atoms with Crippen LogP contribution in [0.1, 0.15) is 31.1 Å². The number of nitrogens with one attached hydrogen (secondary N) is 2. The summed E-state index contributed by atoms with van der Waals surface area (Å²) in [6.07, 6.45) is 3.60. The molecule has 0 aromatic carbocycles. The monoisotopic (exact) mass is 532 g/mol. The summed E-state index contributed by atoms with van der Waals surface area (Å²) in [6.45, 7) is 10.0. The maximum Gasteiger partial charge on any atom is 0.251 e. The Morgan fingerprint density at radius 2 is 2.05 bits per heavy atom. The summed E-state index contributed by atoms with van der Waals surface area (Å²) in [4.78, 5) is 40.5. The number of carbonyl (C=O) groups excluding carboxylic acids is 2. The molecule has 2 N–H and O–H groups in total. The van der Waals surface area contributed by atoms with Gasteiger partial charge >= 0.3 is 0 Å². The van der Waals surface area contributed by atoms with Crippen molar-refractivity contribution in [1.29, 1.82) is 0 Å². The Hall–Kier alpha value is -3.83. The van der Waals surface area contributed by atoms with E-state index < -0.39 is 0 Å². The van der Waals surface area contributed by atoms with Crippen molar-refractivity contribution in [2.45, 2.75) is 26.8 Å². The van der Waals surface area contributed by atoms with E-state index in [2.05, 4.69) is 41.4 Å². The number of nitrogens with zero attached hydrogens (tertiary/aromatic N) is 6. The highest BCUT2D eigenvalue weighted by molar-refractivity contribution is 7.13. The maximum absolute atomic E-state index is 13.4. The van der Waals surface area contributed by atoms with E-state index in [0.29, 0.717) is 42.4 Å². The molecule has 1 aliphatic heterocycles. The lowest BCUT2D eigenvalue weighted by molar-refractivity contribution is -0.120. The average Bonchev–Trinajstić information content (AvgIpc) is 3.62. The van der Waals surface area contributed by atoms with Crippen molar-refractivity contribution in [2.24, 2.45) is 0 Å². The summed E-state index contributed by atoms with van der Waals surface area (Å²) in [6, 6.07) is 9.70. The van der Waals surface area contributed by atoms with E-state index in [0.717, 1.165) is 29.2 Å². The molecular weight excluding hydrogens is 500 g/mol. The van der Waals surface area contributed by atoms with E-state index in [4.69, 9.17) is 9.97 Å². The molecule has 1 fully saturated rings. The quantitative estimate of drug-likeness (QED) is 0.341. The molecule has 10 nitrogen and oxygen atoms in total. The fraction of sp³-hybridized carbons (Fsp3) is 0.370. The van der Waals surface area contributed by atoms with E-state index in [1.165, 1.54) is 0 Å². The van der Waals surface area contributed by atoms with E-state index in [9.17, 15) is 9.59 Å². The van der Waals surface area contributed by atoms with Gasteiger partial charge in [-0.25, -0.2) is 14.5 Å². The zero-order chi connectivity index (χ0) is 26.6. The van der Waals surface area contributed by atoms with Gasteiger partial charge in [0.2, 0.25) is 5.91 Å². The number of amides is 2. The van der Waals surface area contributed by atoms with Crippen LogP contribution in [0.3, 0.4) is 0 Å². The van der Waals surface area contributed by atoms with Gasteiger partial charge in [-0.1, -0.05) is 19.9 Å². The molecular formula is C27H32N8O2S. The van der Waals surface area contributed by atoms with Crippen molar-refractivity contribution in [3.05, 3.63) is 53.7 Å². The molecule has 1 saturated heterocycles. The minimum absolute atomic E-state index is 0.0688. The zero-order valence-corrected chi connectivity index (χ0v) is 22.7. The Labute approximate surface area is 225 Å². The third-order valence-electron chi connectivity index (χ3n) is 6.85. The number of rotatable bonds is 9. The van der Waals surface area contributed by atoms with Crippen molar-refractivity contribution < 1.29 is 9.59 Å². The van der Waals surface area contributed by atoms with Crippen molar-refractivity contribution in [1.82, 2.24) is 35.1 Å². The molecule has 4 aromatic heterocycles. The van der Waals surface area contributed by atoms with Gasteiger partial charge in [-0.2, -0.15) is 5.10 Å². The summed E-state index contributed by atoms with van der Waals surface area (Å²) >= 11 is 1.62. The standard InChI is InChI=1S/C27H32N8O2S/c1-4-33(5-2)18(3)15-29-27(37)19-13-22(31-24(14-19)34-11-9-28-25(36)17-34)20-16-30-35-10-8-21(32-26(20)35)23-7-6-12-38-23/h6-8,10,12-14,16,18H,4-5,9,11,15,17H2,1-3H3,(H,28,36)(H,29,37). The molecule has 0 bridgehead atoms. The number of thiophene rings is 1. The fourth-order valence-electron chi connectivity index (χ4n) is 4.71. The summed E-state index contributed by atoms with van der Waals surface area (Å²) < 4.78 is 1.71. The lowest BCUT2D eigenvalue weighted by Gasteiger charge is -2.28. The largest absolute Gasteiger partial charge is 0.353 e. The molecule has 0 spiro atoms. The average molecular weight is 533 g/mol. The van der Waals surface area contributed by atoms with Crippen molar-refractivity contribution in [3.63, 3.8) is 0 Å². The molecule has 0 saturated carbocycles. The lowest BCUT2D eigenvalue weighted by atomic mass is 10.1. The normalized spacial score (nSPS) is 14.6. The fourth-order valence-corrected chi connectivity index (χ4v) is 5.41.